The summed E-state index contributed by atoms with van der Waals surface area (Å²) in [4.78, 5) is 4.85. The van der Waals surface area contributed by atoms with E-state index < -0.39 is 0 Å². The smallest absolute Gasteiger partial charge is 0.129 e. The van der Waals surface area contributed by atoms with Gasteiger partial charge in [0.15, 0.2) is 0 Å². The highest BCUT2D eigenvalue weighted by Crippen LogP contribution is 2.44. The van der Waals surface area contributed by atoms with E-state index in [2.05, 4.69) is 181 Å². The van der Waals surface area contributed by atoms with Crippen LogP contribution in [-0.2, 0) is 5.41 Å². The molecule has 8 rings (SSSR count). The molecule has 0 N–H and O–H groups in total. The predicted octanol–water partition coefficient (Wildman–Crippen LogP) is 11.2. The van der Waals surface area contributed by atoms with E-state index in [1.165, 1.54) is 38.9 Å². The maximum absolute atomic E-state index is 6.77. The van der Waals surface area contributed by atoms with Crippen LogP contribution in [0.2, 0.25) is 0 Å². The van der Waals surface area contributed by atoms with Gasteiger partial charge >= 0.3 is 0 Å². The Morgan fingerprint density at radius 2 is 1.07 bits per heavy atom. The fourth-order valence-electron chi connectivity index (χ4n) is 6.74. The van der Waals surface area contributed by atoms with Gasteiger partial charge in [0.1, 0.15) is 11.5 Å². The lowest BCUT2D eigenvalue weighted by Gasteiger charge is -2.39. The van der Waals surface area contributed by atoms with Gasteiger partial charge in [0.2, 0.25) is 0 Å². The molecule has 0 spiro atoms. The molecule has 7 aromatic rings. The summed E-state index contributed by atoms with van der Waals surface area (Å²) in [6.45, 7) is 8.55. The molecule has 4 nitrogen and oxygen atoms in total. The number of para-hydroxylation sites is 5. The summed E-state index contributed by atoms with van der Waals surface area (Å²) < 4.78 is 9.10. The Morgan fingerprint density at radius 3 is 1.76 bits per heavy atom. The van der Waals surface area contributed by atoms with Crippen LogP contribution in [0.25, 0.3) is 27.5 Å². The molecule has 0 radical (unpaired) electrons. The standard InChI is InChI=1S/C42H37N3O/c1-42(2,3)30-26-33(44-25-24-43(31-14-6-4-7-15-31)39-20-12-13-21-40(39)44)28-35(27-30)46-34-22-23-37-36-18-10-11-19-38(36)45(41(37)29-34)32-16-8-5-9-17-32/h4-23,26-29H,24-25H2,1-3H3. The Labute approximate surface area is 270 Å². The molecule has 46 heavy (non-hydrogen) atoms. The van der Waals surface area contributed by atoms with Gasteiger partial charge in [0.25, 0.3) is 0 Å². The van der Waals surface area contributed by atoms with Crippen LogP contribution < -0.4 is 14.5 Å². The summed E-state index contributed by atoms with van der Waals surface area (Å²) in [7, 11) is 0. The lowest BCUT2D eigenvalue weighted by molar-refractivity contribution is 0.479. The van der Waals surface area contributed by atoms with Crippen LogP contribution in [0, 0.1) is 0 Å². The Morgan fingerprint density at radius 1 is 0.478 bits per heavy atom. The number of fused-ring (bicyclic) bond motifs is 4. The van der Waals surface area contributed by atoms with E-state index in [-0.39, 0.29) is 5.41 Å². The van der Waals surface area contributed by atoms with Gasteiger partial charge in [-0.15, -0.1) is 0 Å². The van der Waals surface area contributed by atoms with Crippen molar-refractivity contribution in [2.45, 2.75) is 26.2 Å². The van der Waals surface area contributed by atoms with Crippen LogP contribution in [0.3, 0.4) is 0 Å². The number of nitrogens with zero attached hydrogens (tertiary/aromatic N) is 3. The monoisotopic (exact) mass is 599 g/mol. The van der Waals surface area contributed by atoms with Gasteiger partial charge in [-0.3, -0.25) is 0 Å². The molecular weight excluding hydrogens is 562 g/mol. The third-order valence-electron chi connectivity index (χ3n) is 9.04. The van der Waals surface area contributed by atoms with Crippen molar-refractivity contribution in [1.29, 1.82) is 0 Å². The van der Waals surface area contributed by atoms with Crippen molar-refractivity contribution < 1.29 is 4.74 Å². The Bertz CT molecular complexity index is 2180. The minimum absolute atomic E-state index is 0.0524. The number of rotatable bonds is 5. The Balaban J connectivity index is 1.21. The minimum atomic E-state index is -0.0524. The van der Waals surface area contributed by atoms with Gasteiger partial charge < -0.3 is 19.1 Å². The zero-order valence-electron chi connectivity index (χ0n) is 26.5. The fraction of sp³-hybridized carbons (Fsp3) is 0.143. The van der Waals surface area contributed by atoms with Crippen molar-refractivity contribution >= 4 is 44.6 Å². The summed E-state index contributed by atoms with van der Waals surface area (Å²) >= 11 is 0. The summed E-state index contributed by atoms with van der Waals surface area (Å²) in [6.07, 6.45) is 0. The second-order valence-corrected chi connectivity index (χ2v) is 13.1. The molecule has 0 saturated carbocycles. The second-order valence-electron chi connectivity index (χ2n) is 13.1. The number of benzene rings is 6. The summed E-state index contributed by atoms with van der Waals surface area (Å²) in [5, 5.41) is 2.45. The molecule has 0 atom stereocenters. The normalized spacial score (nSPS) is 13.3. The van der Waals surface area contributed by atoms with E-state index in [0.29, 0.717) is 0 Å². The first-order valence-corrected chi connectivity index (χ1v) is 16.1. The van der Waals surface area contributed by atoms with Gasteiger partial charge in [-0.25, -0.2) is 0 Å². The highest BCUT2D eigenvalue weighted by Gasteiger charge is 2.26. The summed E-state index contributed by atoms with van der Waals surface area (Å²) in [5.41, 5.74) is 9.40. The van der Waals surface area contributed by atoms with Crippen LogP contribution >= 0.6 is 0 Å². The average Bonchev–Trinajstić information content (AvgIpc) is 3.41. The zero-order chi connectivity index (χ0) is 31.3. The van der Waals surface area contributed by atoms with E-state index in [1.807, 2.05) is 0 Å². The number of hydrogen-bond donors (Lipinski definition) is 0. The average molecular weight is 600 g/mol. The van der Waals surface area contributed by atoms with Crippen LogP contribution in [0.5, 0.6) is 11.5 Å². The Kier molecular flexibility index (Phi) is 6.79. The van der Waals surface area contributed by atoms with Gasteiger partial charge in [0, 0.05) is 53.1 Å². The zero-order valence-corrected chi connectivity index (χ0v) is 26.5. The fourth-order valence-corrected chi connectivity index (χ4v) is 6.74. The SMILES string of the molecule is CC(C)(C)c1cc(Oc2ccc3c4ccccc4n(-c4ccccc4)c3c2)cc(N2CCN(c3ccccc3)c3ccccc32)c1. The van der Waals surface area contributed by atoms with Crippen LogP contribution in [-0.4, -0.2) is 17.7 Å². The number of anilines is 4. The molecule has 0 saturated heterocycles. The largest absolute Gasteiger partial charge is 0.457 e. The molecule has 0 unspecified atom stereocenters. The molecule has 1 aliphatic heterocycles. The quantitative estimate of drug-likeness (QED) is 0.196. The topological polar surface area (TPSA) is 20.6 Å². The van der Waals surface area contributed by atoms with Crippen LogP contribution in [0.15, 0.2) is 146 Å². The van der Waals surface area contributed by atoms with E-state index in [1.54, 1.807) is 0 Å². The third-order valence-corrected chi connectivity index (χ3v) is 9.04. The molecule has 2 heterocycles. The number of ether oxygens (including phenoxy) is 1. The van der Waals surface area contributed by atoms with Crippen molar-refractivity contribution in [3.8, 4) is 17.2 Å². The highest BCUT2D eigenvalue weighted by atomic mass is 16.5. The summed E-state index contributed by atoms with van der Waals surface area (Å²) in [6, 6.07) is 51.7. The first kappa shape index (κ1) is 28.0. The molecule has 4 heteroatoms. The van der Waals surface area contributed by atoms with E-state index in [4.69, 9.17) is 4.74 Å². The molecule has 0 amide bonds. The number of aromatic nitrogens is 1. The van der Waals surface area contributed by atoms with Crippen molar-refractivity contribution in [2.24, 2.45) is 0 Å². The van der Waals surface area contributed by atoms with Gasteiger partial charge in [-0.1, -0.05) is 87.5 Å². The van der Waals surface area contributed by atoms with Gasteiger partial charge in [-0.05, 0) is 77.7 Å². The molecule has 0 bridgehead atoms. The lowest BCUT2D eigenvalue weighted by Crippen LogP contribution is -2.36. The first-order valence-electron chi connectivity index (χ1n) is 16.1. The maximum atomic E-state index is 6.77. The van der Waals surface area contributed by atoms with Crippen molar-refractivity contribution in [2.75, 3.05) is 22.9 Å². The second kappa shape index (κ2) is 11.1. The van der Waals surface area contributed by atoms with Gasteiger partial charge in [-0.2, -0.15) is 0 Å². The van der Waals surface area contributed by atoms with Crippen LogP contribution in [0.1, 0.15) is 26.3 Å². The van der Waals surface area contributed by atoms with E-state index >= 15 is 0 Å². The molecular formula is C42H37N3O. The van der Waals surface area contributed by atoms with Gasteiger partial charge in [0.05, 0.1) is 22.4 Å². The maximum Gasteiger partial charge on any atom is 0.129 e. The van der Waals surface area contributed by atoms with Crippen molar-refractivity contribution in [3.63, 3.8) is 0 Å². The Hall–Kier alpha value is -5.48. The number of hydrogen-bond acceptors (Lipinski definition) is 3. The van der Waals surface area contributed by atoms with Crippen molar-refractivity contribution in [1.82, 2.24) is 4.57 Å². The lowest BCUT2D eigenvalue weighted by atomic mass is 9.86. The predicted molar refractivity (Wildman–Crippen MR) is 193 cm³/mol. The van der Waals surface area contributed by atoms with E-state index in [9.17, 15) is 0 Å². The highest BCUT2D eigenvalue weighted by molar-refractivity contribution is 6.09. The van der Waals surface area contributed by atoms with Crippen LogP contribution in [0.4, 0.5) is 22.7 Å². The molecule has 6 aromatic carbocycles. The first-order chi connectivity index (χ1) is 22.4. The molecule has 0 fully saturated rings. The molecule has 226 valence electrons. The third kappa shape index (κ3) is 4.96. The molecule has 1 aromatic heterocycles. The summed E-state index contributed by atoms with van der Waals surface area (Å²) in [5.74, 6) is 1.66. The van der Waals surface area contributed by atoms with Crippen molar-refractivity contribution in [3.05, 3.63) is 151 Å². The van der Waals surface area contributed by atoms with E-state index in [0.717, 1.165) is 41.5 Å². The molecule has 1 aliphatic rings. The minimum Gasteiger partial charge on any atom is -0.457 e. The molecule has 0 aliphatic carbocycles.